The molecule has 0 spiro atoms. The van der Waals surface area contributed by atoms with Gasteiger partial charge in [-0.25, -0.2) is 10.2 Å². The van der Waals surface area contributed by atoms with E-state index < -0.39 is 12.0 Å². The number of nitrogens with zero attached hydrogens (tertiary/aromatic N) is 1. The van der Waals surface area contributed by atoms with Gasteiger partial charge in [0.2, 0.25) is 5.91 Å². The summed E-state index contributed by atoms with van der Waals surface area (Å²) in [6.07, 6.45) is 1.46. The van der Waals surface area contributed by atoms with Gasteiger partial charge in [-0.3, -0.25) is 9.59 Å². The zero-order valence-electron chi connectivity index (χ0n) is 21.4. The highest BCUT2D eigenvalue weighted by molar-refractivity contribution is 5.94. The molecule has 0 heterocycles. The maximum atomic E-state index is 12.7. The minimum atomic E-state index is -0.542. The van der Waals surface area contributed by atoms with Crippen molar-refractivity contribution in [1.82, 2.24) is 10.7 Å². The molecule has 0 aliphatic carbocycles. The molecule has 0 fully saturated rings. The summed E-state index contributed by atoms with van der Waals surface area (Å²) in [5.74, 6) is -0.301. The van der Waals surface area contributed by atoms with Gasteiger partial charge in [0.25, 0.3) is 5.91 Å². The number of carbonyl (C=O) groups is 3. The molecule has 9 nitrogen and oxygen atoms in total. The monoisotopic (exact) mass is 517 g/mol. The highest BCUT2D eigenvalue weighted by Crippen LogP contribution is 2.28. The van der Waals surface area contributed by atoms with E-state index in [0.29, 0.717) is 29.2 Å². The van der Waals surface area contributed by atoms with Crippen molar-refractivity contribution in [2.24, 2.45) is 5.10 Å². The summed E-state index contributed by atoms with van der Waals surface area (Å²) in [5, 5.41) is 6.98. The fraction of sp³-hybridized carbons (Fsp3) is 0.241. The van der Waals surface area contributed by atoms with Crippen LogP contribution in [0.3, 0.4) is 0 Å². The summed E-state index contributed by atoms with van der Waals surface area (Å²) in [6, 6.07) is 22.6. The molecule has 9 heteroatoms. The second-order valence-electron chi connectivity index (χ2n) is 8.03. The zero-order valence-corrected chi connectivity index (χ0v) is 21.4. The molecule has 1 atom stereocenters. The largest absolute Gasteiger partial charge is 0.490 e. The van der Waals surface area contributed by atoms with Gasteiger partial charge in [-0.2, -0.15) is 5.10 Å². The molecular weight excluding hydrogens is 486 g/mol. The number of carbonyl (C=O) groups excluding carboxylic acids is 3. The van der Waals surface area contributed by atoms with Gasteiger partial charge in [-0.1, -0.05) is 48.5 Å². The Bertz CT molecular complexity index is 1230. The van der Waals surface area contributed by atoms with Gasteiger partial charge in [-0.05, 0) is 55.3 Å². The van der Waals surface area contributed by atoms with Crippen LogP contribution in [0.15, 0.2) is 84.0 Å². The first kappa shape index (κ1) is 27.9. The number of amides is 2. The Morgan fingerprint density at radius 1 is 0.868 bits per heavy atom. The normalized spacial score (nSPS) is 11.4. The highest BCUT2D eigenvalue weighted by Gasteiger charge is 2.19. The van der Waals surface area contributed by atoms with Crippen molar-refractivity contribution in [1.29, 1.82) is 0 Å². The Morgan fingerprint density at radius 3 is 2.26 bits per heavy atom. The lowest BCUT2D eigenvalue weighted by molar-refractivity contribution is -0.145. The molecule has 0 bridgehead atoms. The van der Waals surface area contributed by atoms with E-state index in [9.17, 15) is 14.4 Å². The van der Waals surface area contributed by atoms with Crippen LogP contribution in [0.5, 0.6) is 11.5 Å². The van der Waals surface area contributed by atoms with Crippen molar-refractivity contribution >= 4 is 24.0 Å². The maximum Gasteiger partial charge on any atom is 0.344 e. The number of nitrogens with one attached hydrogen (secondary N) is 2. The first-order valence-corrected chi connectivity index (χ1v) is 12.3. The van der Waals surface area contributed by atoms with Crippen LogP contribution in [0.1, 0.15) is 47.8 Å². The first-order chi connectivity index (χ1) is 18.5. The molecule has 0 saturated carbocycles. The fourth-order valence-corrected chi connectivity index (χ4v) is 3.51. The Balaban J connectivity index is 1.63. The second-order valence-corrected chi connectivity index (χ2v) is 8.03. The topological polar surface area (TPSA) is 115 Å². The van der Waals surface area contributed by atoms with Crippen molar-refractivity contribution in [3.63, 3.8) is 0 Å². The molecule has 0 saturated heterocycles. The summed E-state index contributed by atoms with van der Waals surface area (Å²) in [6.45, 7) is 3.98. The van der Waals surface area contributed by atoms with E-state index in [-0.39, 0.29) is 31.4 Å². The summed E-state index contributed by atoms with van der Waals surface area (Å²) >= 11 is 0. The van der Waals surface area contributed by atoms with Crippen LogP contribution in [0.2, 0.25) is 0 Å². The van der Waals surface area contributed by atoms with Crippen molar-refractivity contribution in [3.05, 3.63) is 95.6 Å². The SMILES string of the molecule is CCOC(=O)COc1ccc(/C=N\NC(=O)C[C@H](NC(=O)c2ccccc2)c2ccccc2)cc1OCC. The Hall–Kier alpha value is -4.66. The van der Waals surface area contributed by atoms with Crippen LogP contribution in [0.4, 0.5) is 0 Å². The lowest BCUT2D eigenvalue weighted by Crippen LogP contribution is -2.32. The van der Waals surface area contributed by atoms with Crippen LogP contribution in [0.25, 0.3) is 0 Å². The molecule has 2 N–H and O–H groups in total. The highest BCUT2D eigenvalue weighted by atomic mass is 16.6. The minimum absolute atomic E-state index is 0.00917. The van der Waals surface area contributed by atoms with Gasteiger partial charge in [-0.15, -0.1) is 0 Å². The molecule has 3 rings (SSSR count). The van der Waals surface area contributed by atoms with E-state index in [2.05, 4.69) is 15.8 Å². The van der Waals surface area contributed by atoms with Gasteiger partial charge in [0.05, 0.1) is 31.9 Å². The molecule has 0 unspecified atom stereocenters. The van der Waals surface area contributed by atoms with Crippen molar-refractivity contribution < 1.29 is 28.6 Å². The zero-order chi connectivity index (χ0) is 27.2. The van der Waals surface area contributed by atoms with E-state index in [1.165, 1.54) is 6.21 Å². The fourth-order valence-electron chi connectivity index (χ4n) is 3.51. The third-order valence-electron chi connectivity index (χ3n) is 5.25. The molecule has 198 valence electrons. The average molecular weight is 518 g/mol. The molecular formula is C29H31N3O6. The molecule has 0 aliphatic rings. The van der Waals surface area contributed by atoms with Gasteiger partial charge in [0.1, 0.15) is 0 Å². The van der Waals surface area contributed by atoms with Crippen LogP contribution in [0, 0.1) is 0 Å². The number of hydrazone groups is 1. The molecule has 3 aromatic carbocycles. The lowest BCUT2D eigenvalue weighted by Gasteiger charge is -2.18. The number of benzene rings is 3. The molecule has 0 aromatic heterocycles. The Kier molecular flexibility index (Phi) is 10.9. The number of hydrogen-bond donors (Lipinski definition) is 2. The smallest absolute Gasteiger partial charge is 0.344 e. The number of ether oxygens (including phenoxy) is 3. The standard InChI is InChI=1S/C29H31N3O6/c1-3-36-26-17-21(15-16-25(26)38-20-28(34)37-4-2)19-30-32-27(33)18-24(22-11-7-5-8-12-22)31-29(35)23-13-9-6-10-14-23/h5-17,19,24H,3-4,18,20H2,1-2H3,(H,31,35)(H,32,33)/b30-19-/t24-/m0/s1. The quantitative estimate of drug-likeness (QED) is 0.201. The summed E-state index contributed by atoms with van der Waals surface area (Å²) in [5.41, 5.74) is 4.47. The maximum absolute atomic E-state index is 12.7. The van der Waals surface area contributed by atoms with Gasteiger partial charge >= 0.3 is 5.97 Å². The lowest BCUT2D eigenvalue weighted by atomic mass is 10.0. The number of hydrogen-bond acceptors (Lipinski definition) is 7. The molecule has 0 radical (unpaired) electrons. The van der Waals surface area contributed by atoms with Crippen LogP contribution in [-0.4, -0.2) is 43.8 Å². The predicted octanol–water partition coefficient (Wildman–Crippen LogP) is 4.04. The molecule has 0 aliphatic heterocycles. The van der Waals surface area contributed by atoms with E-state index in [0.717, 1.165) is 5.56 Å². The van der Waals surface area contributed by atoms with E-state index in [1.807, 2.05) is 43.3 Å². The Morgan fingerprint density at radius 2 is 1.58 bits per heavy atom. The minimum Gasteiger partial charge on any atom is -0.490 e. The first-order valence-electron chi connectivity index (χ1n) is 12.3. The summed E-state index contributed by atoms with van der Waals surface area (Å²) < 4.78 is 16.0. The van der Waals surface area contributed by atoms with Gasteiger partial charge in [0.15, 0.2) is 18.1 Å². The third-order valence-corrected chi connectivity index (χ3v) is 5.25. The van der Waals surface area contributed by atoms with Crippen molar-refractivity contribution in [2.45, 2.75) is 26.3 Å². The van der Waals surface area contributed by atoms with E-state index in [1.54, 1.807) is 49.4 Å². The summed E-state index contributed by atoms with van der Waals surface area (Å²) in [7, 11) is 0. The predicted molar refractivity (Wildman–Crippen MR) is 143 cm³/mol. The molecule has 2 amide bonds. The van der Waals surface area contributed by atoms with Crippen LogP contribution < -0.4 is 20.2 Å². The number of esters is 1. The van der Waals surface area contributed by atoms with Crippen molar-refractivity contribution in [2.75, 3.05) is 19.8 Å². The van der Waals surface area contributed by atoms with Crippen LogP contribution >= 0.6 is 0 Å². The average Bonchev–Trinajstić information content (AvgIpc) is 2.93. The molecule has 38 heavy (non-hydrogen) atoms. The van der Waals surface area contributed by atoms with E-state index >= 15 is 0 Å². The van der Waals surface area contributed by atoms with Gasteiger partial charge in [0, 0.05) is 5.56 Å². The van der Waals surface area contributed by atoms with Gasteiger partial charge < -0.3 is 19.5 Å². The molecule has 3 aromatic rings. The van der Waals surface area contributed by atoms with E-state index in [4.69, 9.17) is 14.2 Å². The number of rotatable bonds is 13. The Labute approximate surface area is 221 Å². The van der Waals surface area contributed by atoms with Crippen molar-refractivity contribution in [3.8, 4) is 11.5 Å². The second kappa shape index (κ2) is 14.8. The van der Waals surface area contributed by atoms with Crippen LogP contribution in [-0.2, 0) is 14.3 Å². The summed E-state index contributed by atoms with van der Waals surface area (Å²) in [4.78, 5) is 37.0. The third kappa shape index (κ3) is 8.77.